The molecule has 1 amide bonds. The maximum atomic E-state index is 14.2. The molecule has 1 aliphatic heterocycles. The van der Waals surface area contributed by atoms with Gasteiger partial charge in [-0.2, -0.15) is 4.98 Å². The standard InChI is InChI=1S/C35H37FN4O2/c1-42-33-14-8-13-32(38-33)40-23-21-39(22-24-40)20-7-6-19-35(34(41)37-25-26-15-17-27(36)18-16-26)30-11-4-2-9-28(30)29-10-3-5-12-31(29)35/h2-5,8-18H,6-7,19-25H2,1H3,(H,37,41). The van der Waals surface area contributed by atoms with Gasteiger partial charge in [0.1, 0.15) is 17.1 Å². The molecule has 1 fully saturated rings. The van der Waals surface area contributed by atoms with Crippen molar-refractivity contribution in [3.63, 3.8) is 0 Å². The Hall–Kier alpha value is -4.23. The van der Waals surface area contributed by atoms with Crippen LogP contribution >= 0.6 is 0 Å². The fourth-order valence-corrected chi connectivity index (χ4v) is 6.51. The van der Waals surface area contributed by atoms with Crippen molar-refractivity contribution in [3.8, 4) is 17.0 Å². The number of unbranched alkanes of at least 4 members (excludes halogenated alkanes) is 1. The molecule has 3 aromatic carbocycles. The molecule has 1 aromatic heterocycles. The molecule has 1 aliphatic carbocycles. The third kappa shape index (κ3) is 5.49. The summed E-state index contributed by atoms with van der Waals surface area (Å²) in [5.41, 5.74) is 4.52. The van der Waals surface area contributed by atoms with E-state index in [0.29, 0.717) is 12.4 Å². The maximum Gasteiger partial charge on any atom is 0.235 e. The number of hydrogen-bond donors (Lipinski definition) is 1. The lowest BCUT2D eigenvalue weighted by Crippen LogP contribution is -2.47. The topological polar surface area (TPSA) is 57.7 Å². The molecule has 0 radical (unpaired) electrons. The summed E-state index contributed by atoms with van der Waals surface area (Å²) in [7, 11) is 1.64. The van der Waals surface area contributed by atoms with E-state index in [2.05, 4.69) is 44.4 Å². The number of methoxy groups -OCH3 is 1. The Balaban J connectivity index is 1.14. The Kier molecular flexibility index (Phi) is 8.20. The van der Waals surface area contributed by atoms with Crippen LogP contribution in [-0.2, 0) is 16.8 Å². The molecule has 4 aromatic rings. The number of benzene rings is 3. The number of hydrogen-bond acceptors (Lipinski definition) is 5. The first-order valence-corrected chi connectivity index (χ1v) is 14.8. The number of fused-ring (bicyclic) bond motifs is 3. The number of nitrogens with one attached hydrogen (secondary N) is 1. The zero-order valence-corrected chi connectivity index (χ0v) is 24.1. The molecular formula is C35H37FN4O2. The van der Waals surface area contributed by atoms with Gasteiger partial charge < -0.3 is 15.0 Å². The smallest absolute Gasteiger partial charge is 0.235 e. The Bertz CT molecular complexity index is 1490. The van der Waals surface area contributed by atoms with Gasteiger partial charge in [-0.05, 0) is 65.4 Å². The van der Waals surface area contributed by atoms with Crippen LogP contribution < -0.4 is 15.0 Å². The van der Waals surface area contributed by atoms with E-state index < -0.39 is 5.41 Å². The second-order valence-corrected chi connectivity index (χ2v) is 11.1. The van der Waals surface area contributed by atoms with Gasteiger partial charge >= 0.3 is 0 Å². The number of halogens is 1. The number of ether oxygens (including phenoxy) is 1. The molecule has 0 saturated carbocycles. The van der Waals surface area contributed by atoms with Gasteiger partial charge in [-0.25, -0.2) is 4.39 Å². The molecule has 0 unspecified atom stereocenters. The van der Waals surface area contributed by atoms with Gasteiger partial charge in [0.2, 0.25) is 11.8 Å². The van der Waals surface area contributed by atoms with Crippen molar-refractivity contribution in [2.24, 2.45) is 0 Å². The van der Waals surface area contributed by atoms with Crippen molar-refractivity contribution in [3.05, 3.63) is 114 Å². The highest BCUT2D eigenvalue weighted by atomic mass is 19.1. The van der Waals surface area contributed by atoms with E-state index in [1.807, 2.05) is 42.5 Å². The van der Waals surface area contributed by atoms with Crippen LogP contribution in [0.3, 0.4) is 0 Å². The van der Waals surface area contributed by atoms with Gasteiger partial charge in [0.15, 0.2) is 0 Å². The predicted molar refractivity (Wildman–Crippen MR) is 164 cm³/mol. The average molecular weight is 565 g/mol. The third-order valence-corrected chi connectivity index (χ3v) is 8.71. The molecule has 1 saturated heterocycles. The quantitative estimate of drug-likeness (QED) is 0.247. The highest BCUT2D eigenvalue weighted by molar-refractivity contribution is 6.00. The number of aromatic nitrogens is 1. The van der Waals surface area contributed by atoms with Crippen molar-refractivity contribution in [1.29, 1.82) is 0 Å². The minimum Gasteiger partial charge on any atom is -0.481 e. The highest BCUT2D eigenvalue weighted by Gasteiger charge is 2.48. The Labute approximate surface area is 247 Å². The molecule has 6 rings (SSSR count). The number of carbonyl (C=O) groups excluding carboxylic acids is 1. The van der Waals surface area contributed by atoms with Crippen LogP contribution in [0.2, 0.25) is 0 Å². The molecule has 0 atom stereocenters. The first-order valence-electron chi connectivity index (χ1n) is 14.8. The zero-order valence-electron chi connectivity index (χ0n) is 24.1. The Morgan fingerprint density at radius 3 is 2.19 bits per heavy atom. The SMILES string of the molecule is COc1cccc(N2CCN(CCCCC3(C(=O)NCc4ccc(F)cc4)c4ccccc4-c4ccccc43)CC2)n1. The summed E-state index contributed by atoms with van der Waals surface area (Å²) < 4.78 is 18.7. The minimum atomic E-state index is -0.760. The molecule has 0 bridgehead atoms. The summed E-state index contributed by atoms with van der Waals surface area (Å²) in [4.78, 5) is 23.6. The second kappa shape index (κ2) is 12.3. The highest BCUT2D eigenvalue weighted by Crippen LogP contribution is 2.51. The van der Waals surface area contributed by atoms with Crippen molar-refractivity contribution >= 4 is 11.7 Å². The van der Waals surface area contributed by atoms with Gasteiger partial charge in [-0.15, -0.1) is 0 Å². The van der Waals surface area contributed by atoms with E-state index in [0.717, 1.165) is 85.6 Å². The van der Waals surface area contributed by atoms with Gasteiger partial charge in [-0.1, -0.05) is 73.2 Å². The van der Waals surface area contributed by atoms with Crippen LogP contribution in [0, 0.1) is 5.82 Å². The second-order valence-electron chi connectivity index (χ2n) is 11.1. The van der Waals surface area contributed by atoms with Crippen LogP contribution in [0.5, 0.6) is 5.88 Å². The van der Waals surface area contributed by atoms with E-state index >= 15 is 0 Å². The molecule has 6 nitrogen and oxygen atoms in total. The molecule has 216 valence electrons. The van der Waals surface area contributed by atoms with Crippen LogP contribution in [0.4, 0.5) is 10.2 Å². The first kappa shape index (κ1) is 27.9. The summed E-state index contributed by atoms with van der Waals surface area (Å²) in [6.07, 6.45) is 2.66. The van der Waals surface area contributed by atoms with E-state index in [1.54, 1.807) is 19.2 Å². The minimum absolute atomic E-state index is 0.00336. The fourth-order valence-electron chi connectivity index (χ4n) is 6.51. The lowest BCUT2D eigenvalue weighted by Gasteiger charge is -2.36. The molecule has 2 aliphatic rings. The number of amides is 1. The van der Waals surface area contributed by atoms with Gasteiger partial charge in [0, 0.05) is 38.8 Å². The van der Waals surface area contributed by atoms with Crippen LogP contribution in [0.25, 0.3) is 11.1 Å². The first-order chi connectivity index (χ1) is 20.6. The van der Waals surface area contributed by atoms with Crippen molar-refractivity contribution < 1.29 is 13.9 Å². The van der Waals surface area contributed by atoms with Crippen LogP contribution in [0.1, 0.15) is 36.0 Å². The monoisotopic (exact) mass is 564 g/mol. The molecular weight excluding hydrogens is 527 g/mol. The fraction of sp³-hybridized carbons (Fsp3) is 0.314. The Morgan fingerprint density at radius 2 is 1.52 bits per heavy atom. The summed E-state index contributed by atoms with van der Waals surface area (Å²) in [6.45, 7) is 5.17. The lowest BCUT2D eigenvalue weighted by molar-refractivity contribution is -0.125. The number of piperazine rings is 1. The normalized spacial score (nSPS) is 15.6. The maximum absolute atomic E-state index is 14.2. The molecule has 1 N–H and O–H groups in total. The Morgan fingerprint density at radius 1 is 0.857 bits per heavy atom. The number of rotatable bonds is 10. The van der Waals surface area contributed by atoms with Gasteiger partial charge in [0.25, 0.3) is 0 Å². The number of nitrogens with zero attached hydrogens (tertiary/aromatic N) is 3. The van der Waals surface area contributed by atoms with Crippen LogP contribution in [-0.4, -0.2) is 55.6 Å². The van der Waals surface area contributed by atoms with Crippen LogP contribution in [0.15, 0.2) is 91.0 Å². The van der Waals surface area contributed by atoms with Gasteiger partial charge in [0.05, 0.1) is 7.11 Å². The number of pyridine rings is 1. The molecule has 0 spiro atoms. The molecule has 7 heteroatoms. The van der Waals surface area contributed by atoms with E-state index in [9.17, 15) is 9.18 Å². The van der Waals surface area contributed by atoms with Crippen molar-refractivity contribution in [2.45, 2.75) is 31.2 Å². The van der Waals surface area contributed by atoms with E-state index in [1.165, 1.54) is 12.1 Å². The summed E-state index contributed by atoms with van der Waals surface area (Å²) in [6, 6.07) is 28.8. The summed E-state index contributed by atoms with van der Waals surface area (Å²) in [5.74, 6) is 1.32. The molecule has 42 heavy (non-hydrogen) atoms. The number of anilines is 1. The van der Waals surface area contributed by atoms with E-state index in [4.69, 9.17) is 4.74 Å². The summed E-state index contributed by atoms with van der Waals surface area (Å²) in [5, 5.41) is 3.21. The third-order valence-electron chi connectivity index (χ3n) is 8.71. The van der Waals surface area contributed by atoms with E-state index in [-0.39, 0.29) is 11.7 Å². The summed E-state index contributed by atoms with van der Waals surface area (Å²) >= 11 is 0. The molecule has 2 heterocycles. The zero-order chi connectivity index (χ0) is 28.9. The average Bonchev–Trinajstić information content (AvgIpc) is 3.33. The largest absolute Gasteiger partial charge is 0.481 e. The van der Waals surface area contributed by atoms with Crippen molar-refractivity contribution in [2.75, 3.05) is 44.7 Å². The van der Waals surface area contributed by atoms with Gasteiger partial charge in [-0.3, -0.25) is 9.69 Å². The predicted octanol–water partition coefficient (Wildman–Crippen LogP) is 5.80. The lowest BCUT2D eigenvalue weighted by atomic mass is 9.73. The number of carbonyl (C=O) groups is 1. The van der Waals surface area contributed by atoms with Crippen molar-refractivity contribution in [1.82, 2.24) is 15.2 Å².